The zero-order valence-electron chi connectivity index (χ0n) is 14.6. The lowest BCUT2D eigenvalue weighted by atomic mass is 10.2. The molecule has 1 N–H and O–H groups in total. The van der Waals surface area contributed by atoms with Gasteiger partial charge < -0.3 is 10.1 Å². The number of nitrogens with zero attached hydrogens (tertiary/aromatic N) is 2. The fraction of sp³-hybridized carbons (Fsp3) is 0.158. The summed E-state index contributed by atoms with van der Waals surface area (Å²) in [5.74, 6) is -1.49. The number of hydrogen-bond acceptors (Lipinski definition) is 6. The predicted molar refractivity (Wildman–Crippen MR) is 102 cm³/mol. The summed E-state index contributed by atoms with van der Waals surface area (Å²) in [6.45, 7) is -0.276. The Labute approximate surface area is 164 Å². The van der Waals surface area contributed by atoms with Crippen LogP contribution in [0.25, 0.3) is 6.08 Å². The van der Waals surface area contributed by atoms with E-state index in [4.69, 9.17) is 4.74 Å². The molecule has 0 aliphatic carbocycles. The SMILES string of the molecule is O=C(COc1ccccc1F)NCCN1C(=O)S/C(=C\c2cccnc2)C1=O. The maximum atomic E-state index is 13.4. The van der Waals surface area contributed by atoms with Crippen LogP contribution in [-0.2, 0) is 9.59 Å². The van der Waals surface area contributed by atoms with Crippen LogP contribution in [0.2, 0.25) is 0 Å². The Morgan fingerprint density at radius 3 is 2.82 bits per heavy atom. The van der Waals surface area contributed by atoms with Crippen molar-refractivity contribution < 1.29 is 23.5 Å². The molecule has 2 aromatic rings. The Morgan fingerprint density at radius 1 is 1.25 bits per heavy atom. The molecule has 1 aromatic heterocycles. The monoisotopic (exact) mass is 401 g/mol. The van der Waals surface area contributed by atoms with E-state index in [9.17, 15) is 18.8 Å². The van der Waals surface area contributed by atoms with Crippen LogP contribution in [-0.4, -0.2) is 46.6 Å². The second-order valence-electron chi connectivity index (χ2n) is 5.69. The minimum absolute atomic E-state index is 0.0240. The van der Waals surface area contributed by atoms with Crippen molar-refractivity contribution in [1.82, 2.24) is 15.2 Å². The molecule has 1 aliphatic heterocycles. The van der Waals surface area contributed by atoms with Crippen molar-refractivity contribution in [3.05, 3.63) is 65.1 Å². The van der Waals surface area contributed by atoms with Crippen molar-refractivity contribution in [2.75, 3.05) is 19.7 Å². The third kappa shape index (κ3) is 4.95. The molecule has 1 saturated heterocycles. The van der Waals surface area contributed by atoms with Crippen molar-refractivity contribution in [1.29, 1.82) is 0 Å². The molecule has 0 bridgehead atoms. The number of halogens is 1. The first-order valence-electron chi connectivity index (χ1n) is 8.34. The zero-order valence-corrected chi connectivity index (χ0v) is 15.4. The van der Waals surface area contributed by atoms with E-state index < -0.39 is 22.9 Å². The molecule has 7 nitrogen and oxygen atoms in total. The van der Waals surface area contributed by atoms with Gasteiger partial charge in [-0.1, -0.05) is 18.2 Å². The molecule has 2 heterocycles. The molecule has 1 fully saturated rings. The molecule has 28 heavy (non-hydrogen) atoms. The minimum atomic E-state index is -0.562. The maximum absolute atomic E-state index is 13.4. The van der Waals surface area contributed by atoms with Gasteiger partial charge in [-0.05, 0) is 41.6 Å². The number of amides is 3. The number of thioether (sulfide) groups is 1. The van der Waals surface area contributed by atoms with Gasteiger partial charge in [-0.25, -0.2) is 4.39 Å². The minimum Gasteiger partial charge on any atom is -0.481 e. The lowest BCUT2D eigenvalue weighted by Crippen LogP contribution is -2.38. The largest absolute Gasteiger partial charge is 0.481 e. The van der Waals surface area contributed by atoms with E-state index in [0.717, 1.165) is 16.7 Å². The van der Waals surface area contributed by atoms with E-state index in [2.05, 4.69) is 10.3 Å². The first-order valence-corrected chi connectivity index (χ1v) is 9.15. The highest BCUT2D eigenvalue weighted by molar-refractivity contribution is 8.18. The summed E-state index contributed by atoms with van der Waals surface area (Å²) in [6, 6.07) is 9.26. The van der Waals surface area contributed by atoms with E-state index in [0.29, 0.717) is 10.5 Å². The average molecular weight is 401 g/mol. The molecule has 0 radical (unpaired) electrons. The van der Waals surface area contributed by atoms with E-state index in [1.807, 2.05) is 0 Å². The van der Waals surface area contributed by atoms with E-state index in [1.165, 1.54) is 18.2 Å². The first-order chi connectivity index (χ1) is 13.5. The highest BCUT2D eigenvalue weighted by Crippen LogP contribution is 2.31. The molecule has 0 atom stereocenters. The number of ether oxygens (including phenoxy) is 1. The van der Waals surface area contributed by atoms with Gasteiger partial charge in [0, 0.05) is 25.5 Å². The molecule has 1 aliphatic rings. The Hall–Kier alpha value is -3.20. The van der Waals surface area contributed by atoms with Crippen molar-refractivity contribution in [3.63, 3.8) is 0 Å². The van der Waals surface area contributed by atoms with Crippen LogP contribution in [0.5, 0.6) is 5.75 Å². The quantitative estimate of drug-likeness (QED) is 0.717. The molecular weight excluding hydrogens is 385 g/mol. The predicted octanol–water partition coefficient (Wildman–Crippen LogP) is 2.45. The fourth-order valence-electron chi connectivity index (χ4n) is 2.37. The van der Waals surface area contributed by atoms with Gasteiger partial charge >= 0.3 is 0 Å². The number of imide groups is 1. The van der Waals surface area contributed by atoms with Crippen LogP contribution in [0, 0.1) is 5.82 Å². The number of aromatic nitrogens is 1. The average Bonchev–Trinajstić information content (AvgIpc) is 2.95. The van der Waals surface area contributed by atoms with Gasteiger partial charge in [-0.3, -0.25) is 24.3 Å². The second kappa shape index (κ2) is 9.14. The van der Waals surface area contributed by atoms with Crippen LogP contribution >= 0.6 is 11.8 Å². The lowest BCUT2D eigenvalue weighted by molar-refractivity contribution is -0.125. The molecule has 9 heteroatoms. The smallest absolute Gasteiger partial charge is 0.293 e. The summed E-state index contributed by atoms with van der Waals surface area (Å²) in [5.41, 5.74) is 0.714. The zero-order chi connectivity index (χ0) is 19.9. The third-order valence-corrected chi connectivity index (χ3v) is 4.62. The standard InChI is InChI=1S/C19H16FN3O4S/c20-14-5-1-2-6-15(14)27-12-17(24)22-8-9-23-18(25)16(28-19(23)26)10-13-4-3-7-21-11-13/h1-7,10-11H,8-9,12H2,(H,22,24)/b16-10-. The number of hydrogen-bond donors (Lipinski definition) is 1. The van der Waals surface area contributed by atoms with Gasteiger partial charge in [0.1, 0.15) is 0 Å². The van der Waals surface area contributed by atoms with Crippen LogP contribution < -0.4 is 10.1 Å². The normalized spacial score (nSPS) is 15.2. The topological polar surface area (TPSA) is 88.6 Å². The van der Waals surface area contributed by atoms with Gasteiger partial charge in [0.15, 0.2) is 18.2 Å². The van der Waals surface area contributed by atoms with Gasteiger partial charge in [0.2, 0.25) is 0 Å². The summed E-state index contributed by atoms with van der Waals surface area (Å²) in [6.07, 6.45) is 4.80. The Kier molecular flexibility index (Phi) is 6.38. The number of carbonyl (C=O) groups excluding carboxylic acids is 3. The summed E-state index contributed by atoms with van der Waals surface area (Å²) in [7, 11) is 0. The Balaban J connectivity index is 1.47. The van der Waals surface area contributed by atoms with Gasteiger partial charge in [0.05, 0.1) is 4.91 Å². The third-order valence-electron chi connectivity index (χ3n) is 3.71. The number of nitrogens with one attached hydrogen (secondary N) is 1. The molecule has 0 spiro atoms. The maximum Gasteiger partial charge on any atom is 0.293 e. The van der Waals surface area contributed by atoms with Crippen LogP contribution in [0.3, 0.4) is 0 Å². The number of para-hydroxylation sites is 1. The Morgan fingerprint density at radius 2 is 2.07 bits per heavy atom. The van der Waals surface area contributed by atoms with Crippen molar-refractivity contribution in [3.8, 4) is 5.75 Å². The van der Waals surface area contributed by atoms with Crippen LogP contribution in [0.15, 0.2) is 53.7 Å². The number of carbonyl (C=O) groups is 3. The van der Waals surface area contributed by atoms with Crippen LogP contribution in [0.4, 0.5) is 9.18 Å². The molecule has 3 amide bonds. The highest BCUT2D eigenvalue weighted by Gasteiger charge is 2.34. The van der Waals surface area contributed by atoms with Crippen molar-refractivity contribution in [2.45, 2.75) is 0 Å². The summed E-state index contributed by atoms with van der Waals surface area (Å²) >= 11 is 0.836. The highest BCUT2D eigenvalue weighted by atomic mass is 32.2. The van der Waals surface area contributed by atoms with E-state index >= 15 is 0 Å². The molecule has 3 rings (SSSR count). The van der Waals surface area contributed by atoms with E-state index in [-0.39, 0.29) is 25.4 Å². The summed E-state index contributed by atoms with van der Waals surface area (Å²) in [4.78, 5) is 41.5. The fourth-order valence-corrected chi connectivity index (χ4v) is 3.23. The first kappa shape index (κ1) is 19.6. The number of benzene rings is 1. The molecule has 0 saturated carbocycles. The molecule has 0 unspecified atom stereocenters. The van der Waals surface area contributed by atoms with Crippen LogP contribution in [0.1, 0.15) is 5.56 Å². The molecule has 144 valence electrons. The Bertz CT molecular complexity index is 920. The molecule has 1 aromatic carbocycles. The van der Waals surface area contributed by atoms with Crippen molar-refractivity contribution in [2.24, 2.45) is 0 Å². The van der Waals surface area contributed by atoms with Crippen molar-refractivity contribution >= 4 is 34.9 Å². The second-order valence-corrected chi connectivity index (χ2v) is 6.68. The molecular formula is C19H16FN3O4S. The summed E-state index contributed by atoms with van der Waals surface area (Å²) < 4.78 is 18.5. The van der Waals surface area contributed by atoms with Gasteiger partial charge in [-0.2, -0.15) is 0 Å². The number of pyridine rings is 1. The van der Waals surface area contributed by atoms with E-state index in [1.54, 1.807) is 36.7 Å². The van der Waals surface area contributed by atoms with Gasteiger partial charge in [-0.15, -0.1) is 0 Å². The van der Waals surface area contributed by atoms with Gasteiger partial charge in [0.25, 0.3) is 17.1 Å². The summed E-state index contributed by atoms with van der Waals surface area (Å²) in [5, 5.41) is 2.13. The lowest BCUT2D eigenvalue weighted by Gasteiger charge is -2.13. The number of rotatable bonds is 7.